The summed E-state index contributed by atoms with van der Waals surface area (Å²) in [6.45, 7) is 0. The highest BCUT2D eigenvalue weighted by molar-refractivity contribution is 5.77. The first-order valence-corrected chi connectivity index (χ1v) is 8.96. The van der Waals surface area contributed by atoms with Gasteiger partial charge in [0.05, 0.1) is 11.6 Å². The van der Waals surface area contributed by atoms with Gasteiger partial charge in [0.25, 0.3) is 0 Å². The van der Waals surface area contributed by atoms with Gasteiger partial charge in [0, 0.05) is 61.7 Å². The minimum Gasteiger partial charge on any atom is -0.388 e. The SMILES string of the molecule is CNc1cc(NC)c(C(O)c2cnccc2-c2cccc(C#N)c2)c(NC)c1. The minimum atomic E-state index is -0.912. The van der Waals surface area contributed by atoms with Gasteiger partial charge in [-0.15, -0.1) is 0 Å². The lowest BCUT2D eigenvalue weighted by molar-refractivity contribution is 0.222. The van der Waals surface area contributed by atoms with Gasteiger partial charge in [-0.25, -0.2) is 0 Å². The van der Waals surface area contributed by atoms with Crippen molar-refractivity contribution in [3.8, 4) is 17.2 Å². The Kier molecular flexibility index (Phi) is 5.78. The number of nitrogens with zero attached hydrogens (tertiary/aromatic N) is 2. The molecule has 6 nitrogen and oxygen atoms in total. The Morgan fingerprint density at radius 2 is 1.71 bits per heavy atom. The van der Waals surface area contributed by atoms with Crippen molar-refractivity contribution in [2.45, 2.75) is 6.10 Å². The van der Waals surface area contributed by atoms with Crippen LogP contribution >= 0.6 is 0 Å². The molecule has 0 aliphatic carbocycles. The highest BCUT2D eigenvalue weighted by Gasteiger charge is 2.22. The van der Waals surface area contributed by atoms with Gasteiger partial charge in [0.2, 0.25) is 0 Å². The van der Waals surface area contributed by atoms with Gasteiger partial charge in [-0.1, -0.05) is 12.1 Å². The normalized spacial score (nSPS) is 11.4. The molecule has 4 N–H and O–H groups in total. The average molecular weight is 373 g/mol. The molecule has 0 bridgehead atoms. The zero-order valence-electron chi connectivity index (χ0n) is 16.1. The van der Waals surface area contributed by atoms with Crippen LogP contribution in [0.4, 0.5) is 17.1 Å². The predicted molar refractivity (Wildman–Crippen MR) is 114 cm³/mol. The van der Waals surface area contributed by atoms with Crippen LogP contribution in [0.15, 0.2) is 54.9 Å². The summed E-state index contributed by atoms with van der Waals surface area (Å²) in [4.78, 5) is 4.23. The smallest absolute Gasteiger partial charge is 0.110 e. The number of nitrogens with one attached hydrogen (secondary N) is 3. The Labute approximate surface area is 164 Å². The second kappa shape index (κ2) is 8.42. The van der Waals surface area contributed by atoms with E-state index in [4.69, 9.17) is 0 Å². The second-order valence-corrected chi connectivity index (χ2v) is 6.29. The summed E-state index contributed by atoms with van der Waals surface area (Å²) in [6, 6.07) is 15.3. The number of benzene rings is 2. The van der Waals surface area contributed by atoms with Crippen LogP contribution < -0.4 is 16.0 Å². The average Bonchev–Trinajstić information content (AvgIpc) is 2.77. The Morgan fingerprint density at radius 1 is 1.00 bits per heavy atom. The van der Waals surface area contributed by atoms with E-state index in [1.807, 2.05) is 57.5 Å². The molecule has 0 aliphatic rings. The summed E-state index contributed by atoms with van der Waals surface area (Å²) in [5, 5.41) is 30.0. The zero-order chi connectivity index (χ0) is 20.1. The Bertz CT molecular complexity index is 1000. The molecule has 1 atom stereocenters. The van der Waals surface area contributed by atoms with Gasteiger partial charge in [-0.05, 0) is 41.5 Å². The number of aliphatic hydroxyl groups excluding tert-OH is 1. The Morgan fingerprint density at radius 3 is 2.32 bits per heavy atom. The summed E-state index contributed by atoms with van der Waals surface area (Å²) in [5.41, 5.74) is 6.21. The van der Waals surface area contributed by atoms with Crippen LogP contribution in [0.3, 0.4) is 0 Å². The molecule has 1 heterocycles. The first-order chi connectivity index (χ1) is 13.6. The number of aliphatic hydroxyl groups is 1. The molecule has 2 aromatic carbocycles. The summed E-state index contributed by atoms with van der Waals surface area (Å²) in [5.74, 6) is 0. The van der Waals surface area contributed by atoms with Crippen LogP contribution in [0.2, 0.25) is 0 Å². The molecular formula is C22H23N5O. The van der Waals surface area contributed by atoms with Crippen molar-refractivity contribution < 1.29 is 5.11 Å². The van der Waals surface area contributed by atoms with Crippen LogP contribution in [0.5, 0.6) is 0 Å². The lowest BCUT2D eigenvalue weighted by atomic mass is 9.92. The van der Waals surface area contributed by atoms with E-state index in [1.54, 1.807) is 18.5 Å². The topological polar surface area (TPSA) is 93.0 Å². The quantitative estimate of drug-likeness (QED) is 0.525. The Balaban J connectivity index is 2.17. The molecule has 0 aliphatic heterocycles. The molecule has 0 spiro atoms. The van der Waals surface area contributed by atoms with Gasteiger partial charge < -0.3 is 21.1 Å². The minimum absolute atomic E-state index is 0.569. The fourth-order valence-electron chi connectivity index (χ4n) is 3.31. The van der Waals surface area contributed by atoms with Crippen molar-refractivity contribution in [1.29, 1.82) is 5.26 Å². The van der Waals surface area contributed by atoms with E-state index in [9.17, 15) is 10.4 Å². The van der Waals surface area contributed by atoms with E-state index < -0.39 is 6.10 Å². The maximum Gasteiger partial charge on any atom is 0.110 e. The first kappa shape index (κ1) is 19.2. The molecule has 142 valence electrons. The van der Waals surface area contributed by atoms with E-state index in [2.05, 4.69) is 27.0 Å². The first-order valence-electron chi connectivity index (χ1n) is 8.96. The molecule has 6 heteroatoms. The number of pyridine rings is 1. The van der Waals surface area contributed by atoms with E-state index in [1.165, 1.54) is 0 Å². The molecule has 0 amide bonds. The van der Waals surface area contributed by atoms with Crippen LogP contribution in [0.25, 0.3) is 11.1 Å². The fourth-order valence-corrected chi connectivity index (χ4v) is 3.31. The maximum absolute atomic E-state index is 11.3. The third-order valence-corrected chi connectivity index (χ3v) is 4.73. The van der Waals surface area contributed by atoms with Crippen molar-refractivity contribution in [2.24, 2.45) is 0 Å². The summed E-state index contributed by atoms with van der Waals surface area (Å²) >= 11 is 0. The van der Waals surface area contributed by atoms with E-state index in [0.29, 0.717) is 11.1 Å². The van der Waals surface area contributed by atoms with E-state index in [-0.39, 0.29) is 0 Å². The highest BCUT2D eigenvalue weighted by atomic mass is 16.3. The molecule has 28 heavy (non-hydrogen) atoms. The summed E-state index contributed by atoms with van der Waals surface area (Å²) in [6.07, 6.45) is 2.45. The Hall–Kier alpha value is -3.56. The number of hydrogen-bond acceptors (Lipinski definition) is 6. The van der Waals surface area contributed by atoms with Crippen molar-refractivity contribution in [1.82, 2.24) is 4.98 Å². The van der Waals surface area contributed by atoms with Crippen LogP contribution in [-0.2, 0) is 0 Å². The van der Waals surface area contributed by atoms with Crippen LogP contribution in [0, 0.1) is 11.3 Å². The third kappa shape index (κ3) is 3.61. The summed E-state index contributed by atoms with van der Waals surface area (Å²) in [7, 11) is 5.50. The van der Waals surface area contributed by atoms with Crippen LogP contribution in [-0.4, -0.2) is 31.2 Å². The number of nitriles is 1. The van der Waals surface area contributed by atoms with Crippen molar-refractivity contribution in [2.75, 3.05) is 37.1 Å². The lowest BCUT2D eigenvalue weighted by Crippen LogP contribution is -2.10. The molecule has 1 unspecified atom stereocenters. The van der Waals surface area contributed by atoms with Gasteiger partial charge in [0.15, 0.2) is 0 Å². The standard InChI is InChI=1S/C22H23N5O/c1-24-16-10-19(25-2)21(20(11-16)26-3)22(28)18-13-27-8-7-17(18)15-6-4-5-14(9-15)12-23/h4-11,13,22,24-26,28H,1-3H3. The van der Waals surface area contributed by atoms with Gasteiger partial charge in [0.1, 0.15) is 6.10 Å². The van der Waals surface area contributed by atoms with Gasteiger partial charge in [-0.3, -0.25) is 4.98 Å². The van der Waals surface area contributed by atoms with Crippen LogP contribution in [0.1, 0.15) is 22.8 Å². The predicted octanol–water partition coefficient (Wildman–Crippen LogP) is 3.83. The van der Waals surface area contributed by atoms with Crippen molar-refractivity contribution in [3.63, 3.8) is 0 Å². The molecule has 1 aromatic heterocycles. The molecule has 0 fully saturated rings. The van der Waals surface area contributed by atoms with E-state index >= 15 is 0 Å². The maximum atomic E-state index is 11.3. The van der Waals surface area contributed by atoms with Gasteiger partial charge >= 0.3 is 0 Å². The monoisotopic (exact) mass is 373 g/mol. The highest BCUT2D eigenvalue weighted by Crippen LogP contribution is 2.39. The zero-order valence-corrected chi connectivity index (χ0v) is 16.1. The lowest BCUT2D eigenvalue weighted by Gasteiger charge is -2.23. The third-order valence-electron chi connectivity index (χ3n) is 4.73. The molecule has 0 saturated carbocycles. The van der Waals surface area contributed by atoms with E-state index in [0.717, 1.165) is 33.8 Å². The fraction of sp³-hybridized carbons (Fsp3) is 0.182. The molecule has 0 saturated heterocycles. The number of rotatable bonds is 6. The molecule has 3 aromatic rings. The largest absolute Gasteiger partial charge is 0.388 e. The number of aromatic nitrogens is 1. The number of anilines is 3. The summed E-state index contributed by atoms with van der Waals surface area (Å²) < 4.78 is 0. The second-order valence-electron chi connectivity index (χ2n) is 6.29. The van der Waals surface area contributed by atoms with Gasteiger partial charge in [-0.2, -0.15) is 5.26 Å². The molecule has 0 radical (unpaired) electrons. The number of hydrogen-bond donors (Lipinski definition) is 4. The van der Waals surface area contributed by atoms with Crippen molar-refractivity contribution >= 4 is 17.1 Å². The van der Waals surface area contributed by atoms with Crippen molar-refractivity contribution in [3.05, 3.63) is 71.5 Å². The molecular weight excluding hydrogens is 350 g/mol. The molecule has 3 rings (SSSR count).